The molecule has 0 bridgehead atoms. The molecule has 0 saturated heterocycles. The van der Waals surface area contributed by atoms with Crippen LogP contribution < -0.4 is 10.2 Å². The van der Waals surface area contributed by atoms with Crippen molar-refractivity contribution in [1.82, 2.24) is 19.7 Å². The monoisotopic (exact) mass is 424 g/mol. The van der Waals surface area contributed by atoms with Crippen molar-refractivity contribution < 1.29 is 4.79 Å². The van der Waals surface area contributed by atoms with Crippen LogP contribution in [0.1, 0.15) is 0 Å². The van der Waals surface area contributed by atoms with E-state index in [1.165, 1.54) is 23.1 Å². The normalized spacial score (nSPS) is 11.0. The third kappa shape index (κ3) is 4.25. The van der Waals surface area contributed by atoms with Crippen molar-refractivity contribution >= 4 is 50.0 Å². The number of nitrogens with one attached hydrogen (secondary N) is 1. The van der Waals surface area contributed by atoms with E-state index < -0.39 is 0 Å². The molecule has 0 unspecified atom stereocenters. The zero-order chi connectivity index (χ0) is 20.4. The summed E-state index contributed by atoms with van der Waals surface area (Å²) >= 11 is 2.82. The van der Waals surface area contributed by atoms with Gasteiger partial charge in [0.15, 0.2) is 16.1 Å². The van der Waals surface area contributed by atoms with E-state index in [4.69, 9.17) is 0 Å². The number of para-hydroxylation sites is 1. The second-order valence-electron chi connectivity index (χ2n) is 6.63. The first-order chi connectivity index (χ1) is 14.0. The number of anilines is 2. The molecule has 0 spiro atoms. The summed E-state index contributed by atoms with van der Waals surface area (Å²) in [6, 6.07) is 15.9. The van der Waals surface area contributed by atoms with Crippen LogP contribution in [0.2, 0.25) is 0 Å². The van der Waals surface area contributed by atoms with Gasteiger partial charge in [0.25, 0.3) is 0 Å². The predicted octanol–water partition coefficient (Wildman–Crippen LogP) is 3.89. The number of fused-ring (bicyclic) bond motifs is 1. The summed E-state index contributed by atoms with van der Waals surface area (Å²) in [5, 5.41) is 12.7. The molecular weight excluding hydrogens is 404 g/mol. The molecule has 0 saturated carbocycles. The van der Waals surface area contributed by atoms with Crippen molar-refractivity contribution in [3.63, 3.8) is 0 Å². The lowest BCUT2D eigenvalue weighted by molar-refractivity contribution is -0.113. The standard InChI is InChI=1S/C20H20N6OS2/c1-25(2)14-10-8-13(9-11-14)18-23-24-20(26(18)3)28-12-17(27)22-19-21-15-6-4-5-7-16(15)29-19/h4-11H,12H2,1-3H3,(H,21,22,27). The summed E-state index contributed by atoms with van der Waals surface area (Å²) in [6.45, 7) is 0. The minimum Gasteiger partial charge on any atom is -0.378 e. The van der Waals surface area contributed by atoms with Crippen molar-refractivity contribution in [1.29, 1.82) is 0 Å². The summed E-state index contributed by atoms with van der Waals surface area (Å²) in [7, 11) is 5.92. The van der Waals surface area contributed by atoms with Crippen molar-refractivity contribution in [3.8, 4) is 11.4 Å². The number of benzene rings is 2. The average Bonchev–Trinajstić information content (AvgIpc) is 3.29. The first-order valence-corrected chi connectivity index (χ1v) is 10.8. The third-order valence-corrected chi connectivity index (χ3v) is 6.32. The highest BCUT2D eigenvalue weighted by Crippen LogP contribution is 2.27. The fraction of sp³-hybridized carbons (Fsp3) is 0.200. The van der Waals surface area contributed by atoms with E-state index in [9.17, 15) is 4.79 Å². The van der Waals surface area contributed by atoms with Crippen LogP contribution in [-0.4, -0.2) is 45.5 Å². The molecule has 4 rings (SSSR count). The number of thiazole rings is 1. The fourth-order valence-electron chi connectivity index (χ4n) is 2.81. The van der Waals surface area contributed by atoms with Gasteiger partial charge in [0.2, 0.25) is 5.91 Å². The van der Waals surface area contributed by atoms with Crippen LogP contribution >= 0.6 is 23.1 Å². The van der Waals surface area contributed by atoms with Crippen molar-refractivity contribution in [2.75, 3.05) is 30.1 Å². The molecule has 0 aliphatic heterocycles. The van der Waals surface area contributed by atoms with Gasteiger partial charge in [-0.25, -0.2) is 4.98 Å². The zero-order valence-electron chi connectivity index (χ0n) is 16.3. The molecule has 0 radical (unpaired) electrons. The number of hydrogen-bond donors (Lipinski definition) is 1. The molecule has 0 aliphatic rings. The van der Waals surface area contributed by atoms with E-state index in [0.29, 0.717) is 10.3 Å². The quantitative estimate of drug-likeness (QED) is 0.473. The molecule has 0 fully saturated rings. The maximum Gasteiger partial charge on any atom is 0.236 e. The third-order valence-electron chi connectivity index (χ3n) is 4.35. The number of hydrogen-bond acceptors (Lipinski definition) is 7. The van der Waals surface area contributed by atoms with Crippen LogP contribution in [0, 0.1) is 0 Å². The molecule has 1 N–H and O–H groups in total. The Morgan fingerprint density at radius 1 is 1.14 bits per heavy atom. The summed E-state index contributed by atoms with van der Waals surface area (Å²) in [5.74, 6) is 0.889. The van der Waals surface area contributed by atoms with Crippen LogP contribution in [0.5, 0.6) is 0 Å². The molecule has 7 nitrogen and oxygen atoms in total. The highest BCUT2D eigenvalue weighted by Gasteiger charge is 2.14. The van der Waals surface area contributed by atoms with Crippen LogP contribution in [0.4, 0.5) is 10.8 Å². The second-order valence-corrected chi connectivity index (χ2v) is 8.60. The van der Waals surface area contributed by atoms with Crippen LogP contribution in [0.15, 0.2) is 53.7 Å². The van der Waals surface area contributed by atoms with Crippen molar-refractivity contribution in [2.24, 2.45) is 7.05 Å². The molecule has 4 aromatic rings. The Labute approximate surface area is 176 Å². The number of carbonyl (C=O) groups is 1. The molecule has 0 aliphatic carbocycles. The molecule has 9 heteroatoms. The summed E-state index contributed by atoms with van der Waals surface area (Å²) in [4.78, 5) is 18.8. The summed E-state index contributed by atoms with van der Waals surface area (Å²) in [5.41, 5.74) is 2.99. The maximum absolute atomic E-state index is 12.3. The molecule has 2 heterocycles. The van der Waals surface area contributed by atoms with Gasteiger partial charge in [-0.1, -0.05) is 35.2 Å². The van der Waals surface area contributed by atoms with Gasteiger partial charge < -0.3 is 14.8 Å². The lowest BCUT2D eigenvalue weighted by Crippen LogP contribution is -2.14. The lowest BCUT2D eigenvalue weighted by atomic mass is 10.2. The van der Waals surface area contributed by atoms with E-state index in [1.54, 1.807) is 0 Å². The van der Waals surface area contributed by atoms with E-state index >= 15 is 0 Å². The van der Waals surface area contributed by atoms with Gasteiger partial charge in [-0.2, -0.15) is 0 Å². The number of thioether (sulfide) groups is 1. The Hall–Kier alpha value is -2.91. The zero-order valence-corrected chi connectivity index (χ0v) is 17.9. The Morgan fingerprint density at radius 2 is 1.90 bits per heavy atom. The largest absolute Gasteiger partial charge is 0.378 e. The van der Waals surface area contributed by atoms with Gasteiger partial charge in [0.05, 0.1) is 16.0 Å². The van der Waals surface area contributed by atoms with Gasteiger partial charge in [-0.05, 0) is 36.4 Å². The number of aromatic nitrogens is 4. The number of carbonyl (C=O) groups excluding carboxylic acids is 1. The van der Waals surface area contributed by atoms with Crippen LogP contribution in [0.25, 0.3) is 21.6 Å². The Balaban J connectivity index is 1.40. The summed E-state index contributed by atoms with van der Waals surface area (Å²) < 4.78 is 2.95. The van der Waals surface area contributed by atoms with Gasteiger partial charge in [-0.15, -0.1) is 10.2 Å². The van der Waals surface area contributed by atoms with Gasteiger partial charge in [0.1, 0.15) is 0 Å². The molecule has 2 aromatic heterocycles. The van der Waals surface area contributed by atoms with E-state index in [0.717, 1.165) is 27.3 Å². The summed E-state index contributed by atoms with van der Waals surface area (Å²) in [6.07, 6.45) is 0. The Bertz CT molecular complexity index is 1120. The van der Waals surface area contributed by atoms with Crippen LogP contribution in [0.3, 0.4) is 0 Å². The number of nitrogens with zero attached hydrogens (tertiary/aromatic N) is 5. The molecule has 0 atom stereocenters. The number of amides is 1. The molecule has 2 aromatic carbocycles. The van der Waals surface area contributed by atoms with E-state index in [1.807, 2.05) is 79.1 Å². The lowest BCUT2D eigenvalue weighted by Gasteiger charge is -2.12. The van der Waals surface area contributed by atoms with Gasteiger partial charge in [0, 0.05) is 32.4 Å². The SMILES string of the molecule is CN(C)c1ccc(-c2nnc(SCC(=O)Nc3nc4ccccc4s3)n2C)cc1. The highest BCUT2D eigenvalue weighted by atomic mass is 32.2. The van der Waals surface area contributed by atoms with Gasteiger partial charge in [-0.3, -0.25) is 4.79 Å². The number of rotatable bonds is 6. The minimum absolute atomic E-state index is 0.117. The predicted molar refractivity (Wildman–Crippen MR) is 120 cm³/mol. The van der Waals surface area contributed by atoms with Crippen molar-refractivity contribution in [2.45, 2.75) is 5.16 Å². The van der Waals surface area contributed by atoms with Crippen molar-refractivity contribution in [3.05, 3.63) is 48.5 Å². The maximum atomic E-state index is 12.3. The minimum atomic E-state index is -0.117. The molecule has 29 heavy (non-hydrogen) atoms. The van der Waals surface area contributed by atoms with E-state index in [-0.39, 0.29) is 11.7 Å². The second kappa shape index (κ2) is 8.22. The molecule has 1 amide bonds. The first kappa shape index (κ1) is 19.4. The Morgan fingerprint density at radius 3 is 2.62 bits per heavy atom. The molecular formula is C20H20N6OS2. The Kier molecular flexibility index (Phi) is 5.50. The topological polar surface area (TPSA) is 75.9 Å². The van der Waals surface area contributed by atoms with Gasteiger partial charge >= 0.3 is 0 Å². The van der Waals surface area contributed by atoms with E-state index in [2.05, 4.69) is 20.5 Å². The molecule has 148 valence electrons. The average molecular weight is 425 g/mol. The smallest absolute Gasteiger partial charge is 0.236 e. The highest BCUT2D eigenvalue weighted by molar-refractivity contribution is 7.99. The first-order valence-electron chi connectivity index (χ1n) is 8.96. The fourth-order valence-corrected chi connectivity index (χ4v) is 4.40. The van der Waals surface area contributed by atoms with Crippen LogP contribution in [-0.2, 0) is 11.8 Å².